The highest BCUT2D eigenvalue weighted by molar-refractivity contribution is 7.98. The van der Waals surface area contributed by atoms with Gasteiger partial charge in [-0.1, -0.05) is 60.7 Å². The molecule has 0 fully saturated rings. The van der Waals surface area contributed by atoms with Gasteiger partial charge in [-0.15, -0.1) is 0 Å². The summed E-state index contributed by atoms with van der Waals surface area (Å²) in [6.07, 6.45) is -6.01. The molecule has 2 rings (SSSR count). The highest BCUT2D eigenvalue weighted by atomic mass is 32.2. The van der Waals surface area contributed by atoms with Gasteiger partial charge in [-0.2, -0.15) is 24.9 Å². The summed E-state index contributed by atoms with van der Waals surface area (Å²) in [5, 5.41) is 15.2. The molecule has 3 atom stereocenters. The third-order valence-electron chi connectivity index (χ3n) is 5.68. The molecule has 0 spiro atoms. The van der Waals surface area contributed by atoms with Gasteiger partial charge in [0.05, 0.1) is 0 Å². The van der Waals surface area contributed by atoms with Crippen LogP contribution in [0, 0.1) is 0 Å². The number of alkyl carbamates (subject to hydrolysis) is 1. The maximum absolute atomic E-state index is 14.6. The summed E-state index contributed by atoms with van der Waals surface area (Å²) in [5.41, 5.74) is -2.92. The van der Waals surface area contributed by atoms with Crippen LogP contribution in [0.5, 0.6) is 0 Å². The average Bonchev–Trinajstić information content (AvgIpc) is 2.89. The summed E-state index contributed by atoms with van der Waals surface area (Å²) >= 11 is 1.35. The fourth-order valence-corrected chi connectivity index (χ4v) is 3.96. The molecular formula is C26H30F3N3O6S. The Labute approximate surface area is 227 Å². The molecular weight excluding hydrogens is 539 g/mol. The van der Waals surface area contributed by atoms with E-state index in [9.17, 15) is 37.5 Å². The first-order valence-electron chi connectivity index (χ1n) is 11.8. The molecule has 13 heteroatoms. The van der Waals surface area contributed by atoms with Crippen molar-refractivity contribution >= 4 is 35.6 Å². The Morgan fingerprint density at radius 3 is 2.03 bits per heavy atom. The Bertz CT molecular complexity index is 1120. The van der Waals surface area contributed by atoms with E-state index in [2.05, 4.69) is 5.32 Å². The number of thioether (sulfide) groups is 1. The van der Waals surface area contributed by atoms with Crippen LogP contribution in [0.1, 0.15) is 24.5 Å². The topological polar surface area (TPSA) is 134 Å². The molecule has 0 aliphatic heterocycles. The van der Waals surface area contributed by atoms with Gasteiger partial charge in [-0.3, -0.25) is 14.9 Å². The van der Waals surface area contributed by atoms with E-state index in [0.717, 1.165) is 6.92 Å². The highest BCUT2D eigenvalue weighted by Crippen LogP contribution is 2.34. The first-order valence-corrected chi connectivity index (χ1v) is 13.2. The summed E-state index contributed by atoms with van der Waals surface area (Å²) in [5.74, 6) is -3.64. The summed E-state index contributed by atoms with van der Waals surface area (Å²) in [7, 11) is 0. The standard InChI is InChI=1S/C26H30F3N3O6S/c1-17(21(33)31-20(22(34)35)13-14-39-2)30-23(36)25(26(27,28)29,15-18-9-5-3-6-10-18)32-24(37)38-16-19-11-7-4-8-12-19/h3-12,17,20H,13-16H2,1-2H3,(H,30,36)(H,31,33)(H,32,37)(H,34,35)/t17-,20-,25?/m0/s1. The van der Waals surface area contributed by atoms with Gasteiger partial charge in [0.15, 0.2) is 0 Å². The molecule has 9 nitrogen and oxygen atoms in total. The predicted octanol–water partition coefficient (Wildman–Crippen LogP) is 3.28. The minimum absolute atomic E-state index is 0.0677. The third kappa shape index (κ3) is 9.20. The Morgan fingerprint density at radius 1 is 0.949 bits per heavy atom. The highest BCUT2D eigenvalue weighted by Gasteiger charge is 2.62. The number of amides is 3. The van der Waals surface area contributed by atoms with Gasteiger partial charge in [0.1, 0.15) is 18.7 Å². The summed E-state index contributed by atoms with van der Waals surface area (Å²) in [4.78, 5) is 49.8. The average molecular weight is 570 g/mol. The second-order valence-corrected chi connectivity index (χ2v) is 9.61. The molecule has 0 heterocycles. The number of hydrogen-bond donors (Lipinski definition) is 4. The van der Waals surface area contributed by atoms with Crippen molar-refractivity contribution in [2.75, 3.05) is 12.0 Å². The molecule has 2 aromatic rings. The van der Waals surface area contributed by atoms with Crippen LogP contribution in [0.15, 0.2) is 60.7 Å². The van der Waals surface area contributed by atoms with Crippen molar-refractivity contribution in [1.82, 2.24) is 16.0 Å². The number of nitrogens with one attached hydrogen (secondary N) is 3. The second kappa shape index (κ2) is 14.4. The first kappa shape index (κ1) is 31.5. The van der Waals surface area contributed by atoms with Gasteiger partial charge in [0.2, 0.25) is 11.4 Å². The number of benzene rings is 2. The van der Waals surface area contributed by atoms with Crippen LogP contribution in [-0.4, -0.2) is 64.8 Å². The monoisotopic (exact) mass is 569 g/mol. The van der Waals surface area contributed by atoms with Gasteiger partial charge in [-0.25, -0.2) is 9.59 Å². The minimum Gasteiger partial charge on any atom is -0.480 e. The molecule has 4 N–H and O–H groups in total. The maximum atomic E-state index is 14.6. The van der Waals surface area contributed by atoms with Crippen LogP contribution in [0.3, 0.4) is 0 Å². The SMILES string of the molecule is CSCC[C@H](NC(=O)[C@H](C)NC(=O)C(Cc1ccccc1)(NC(=O)OCc1ccccc1)C(F)(F)F)C(=O)O. The molecule has 1 unspecified atom stereocenters. The van der Waals surface area contributed by atoms with Gasteiger partial charge < -0.3 is 20.5 Å². The fraction of sp³-hybridized carbons (Fsp3) is 0.385. The number of carboxylic acids is 1. The van der Waals surface area contributed by atoms with E-state index in [0.29, 0.717) is 11.3 Å². The Kier molecular flexibility index (Phi) is 11.6. The zero-order chi connectivity index (χ0) is 29.1. The van der Waals surface area contributed by atoms with Crippen molar-refractivity contribution in [3.8, 4) is 0 Å². The van der Waals surface area contributed by atoms with E-state index in [4.69, 9.17) is 4.74 Å². The predicted molar refractivity (Wildman–Crippen MR) is 139 cm³/mol. The largest absolute Gasteiger partial charge is 0.480 e. The lowest BCUT2D eigenvalue weighted by atomic mass is 9.88. The molecule has 212 valence electrons. The van der Waals surface area contributed by atoms with Crippen LogP contribution in [0.25, 0.3) is 0 Å². The summed E-state index contributed by atoms with van der Waals surface area (Å²) in [6.45, 7) is 0.761. The number of halogens is 3. The normalized spacial score (nSPS) is 14.3. The van der Waals surface area contributed by atoms with Gasteiger partial charge in [-0.05, 0) is 36.5 Å². The third-order valence-corrected chi connectivity index (χ3v) is 6.32. The smallest absolute Gasteiger partial charge is 0.421 e. The zero-order valence-corrected chi connectivity index (χ0v) is 22.1. The Hall–Kier alpha value is -3.74. The lowest BCUT2D eigenvalue weighted by molar-refractivity contribution is -0.198. The van der Waals surface area contributed by atoms with Crippen LogP contribution < -0.4 is 16.0 Å². The zero-order valence-electron chi connectivity index (χ0n) is 21.3. The fourth-order valence-electron chi connectivity index (χ4n) is 3.49. The number of alkyl halides is 3. The molecule has 0 bridgehead atoms. The number of rotatable bonds is 13. The van der Waals surface area contributed by atoms with Crippen LogP contribution in [-0.2, 0) is 32.1 Å². The van der Waals surface area contributed by atoms with Crippen molar-refractivity contribution in [3.63, 3.8) is 0 Å². The molecule has 0 aromatic heterocycles. The lowest BCUT2D eigenvalue weighted by Crippen LogP contribution is -2.70. The molecule has 0 saturated heterocycles. The number of ether oxygens (including phenoxy) is 1. The first-order chi connectivity index (χ1) is 18.4. The van der Waals surface area contributed by atoms with Crippen molar-refractivity contribution in [2.45, 2.75) is 50.2 Å². The van der Waals surface area contributed by atoms with Crippen molar-refractivity contribution in [1.29, 1.82) is 0 Å². The second-order valence-electron chi connectivity index (χ2n) is 8.63. The van der Waals surface area contributed by atoms with Crippen LogP contribution in [0.2, 0.25) is 0 Å². The summed E-state index contributed by atoms with van der Waals surface area (Å²) in [6, 6.07) is 12.6. The van der Waals surface area contributed by atoms with Crippen LogP contribution in [0.4, 0.5) is 18.0 Å². The molecule has 2 aromatic carbocycles. The Balaban J connectivity index is 2.30. The molecule has 0 saturated carbocycles. The molecule has 0 aliphatic rings. The van der Waals surface area contributed by atoms with Crippen molar-refractivity contribution in [3.05, 3.63) is 71.8 Å². The van der Waals surface area contributed by atoms with E-state index < -0.39 is 54.1 Å². The Morgan fingerprint density at radius 2 is 1.51 bits per heavy atom. The van der Waals surface area contributed by atoms with E-state index in [1.165, 1.54) is 36.0 Å². The number of hydrogen-bond acceptors (Lipinski definition) is 6. The van der Waals surface area contributed by atoms with E-state index in [-0.39, 0.29) is 18.6 Å². The van der Waals surface area contributed by atoms with Crippen molar-refractivity contribution < 1.29 is 42.2 Å². The van der Waals surface area contributed by atoms with Gasteiger partial charge in [0.25, 0.3) is 5.91 Å². The van der Waals surface area contributed by atoms with E-state index in [1.54, 1.807) is 48.0 Å². The van der Waals surface area contributed by atoms with Gasteiger partial charge in [0, 0.05) is 6.42 Å². The molecule has 39 heavy (non-hydrogen) atoms. The number of carbonyl (C=O) groups is 4. The maximum Gasteiger partial charge on any atom is 0.421 e. The van der Waals surface area contributed by atoms with Gasteiger partial charge >= 0.3 is 18.2 Å². The van der Waals surface area contributed by atoms with Crippen LogP contribution >= 0.6 is 11.8 Å². The number of carboxylic acid groups (broad SMARTS) is 1. The summed E-state index contributed by atoms with van der Waals surface area (Å²) < 4.78 is 48.8. The van der Waals surface area contributed by atoms with E-state index >= 15 is 0 Å². The molecule has 0 aliphatic carbocycles. The minimum atomic E-state index is -5.32. The number of aliphatic carboxylic acids is 1. The van der Waals surface area contributed by atoms with Crippen molar-refractivity contribution in [2.24, 2.45) is 0 Å². The number of carbonyl (C=O) groups excluding carboxylic acids is 3. The lowest BCUT2D eigenvalue weighted by Gasteiger charge is -2.35. The van der Waals surface area contributed by atoms with E-state index in [1.807, 2.05) is 5.32 Å². The molecule has 3 amide bonds. The molecule has 0 radical (unpaired) electrons. The quantitative estimate of drug-likeness (QED) is 0.291.